The first kappa shape index (κ1) is 11.8. The number of alkyl halides is 1. The molecule has 0 bridgehead atoms. The summed E-state index contributed by atoms with van der Waals surface area (Å²) in [5, 5.41) is -1.78. The number of hydrogen-bond donors (Lipinski definition) is 0. The third kappa shape index (κ3) is 2.71. The summed E-state index contributed by atoms with van der Waals surface area (Å²) in [5.41, 5.74) is 0. The van der Waals surface area contributed by atoms with Crippen molar-refractivity contribution in [3.63, 3.8) is 0 Å². The first-order valence-corrected chi connectivity index (χ1v) is 6.01. The maximum atomic E-state index is 13.6. The van der Waals surface area contributed by atoms with E-state index in [0.29, 0.717) is 6.16 Å². The van der Waals surface area contributed by atoms with Gasteiger partial charge in [0.25, 0.3) is 0 Å². The van der Waals surface area contributed by atoms with Crippen molar-refractivity contribution < 1.29 is 13.9 Å². The molecule has 2 unspecified atom stereocenters. The Morgan fingerprint density at radius 2 is 2.08 bits per heavy atom. The molecule has 0 amide bonds. The van der Waals surface area contributed by atoms with Crippen LogP contribution in [-0.2, 0) is 9.53 Å². The van der Waals surface area contributed by atoms with Crippen LogP contribution in [0.15, 0.2) is 0 Å². The lowest BCUT2D eigenvalue weighted by atomic mass is 10.4. The average molecular weight is 194 g/mol. The monoisotopic (exact) mass is 194 g/mol. The molecule has 0 N–H and O–H groups in total. The van der Waals surface area contributed by atoms with Gasteiger partial charge in [0.2, 0.25) is 5.41 Å². The second-order valence-corrected chi connectivity index (χ2v) is 5.56. The fraction of sp³-hybridized carbons (Fsp3) is 0.875. The van der Waals surface area contributed by atoms with Crippen LogP contribution < -0.4 is 0 Å². The van der Waals surface area contributed by atoms with Gasteiger partial charge >= 0.3 is 5.97 Å². The molecular weight excluding hydrogens is 178 g/mol. The molecule has 0 rings (SSSR count). The molecule has 0 aliphatic heterocycles. The number of rotatable bonds is 4. The Labute approximate surface area is 74.2 Å². The lowest BCUT2D eigenvalue weighted by Crippen LogP contribution is -2.30. The fourth-order valence-electron chi connectivity index (χ4n) is 0.716. The van der Waals surface area contributed by atoms with Crippen molar-refractivity contribution in [3.05, 3.63) is 0 Å². The van der Waals surface area contributed by atoms with E-state index >= 15 is 0 Å². The van der Waals surface area contributed by atoms with Gasteiger partial charge in [-0.25, -0.2) is 9.18 Å². The minimum Gasteiger partial charge on any atom is -0.463 e. The largest absolute Gasteiger partial charge is 0.463 e. The highest BCUT2D eigenvalue weighted by molar-refractivity contribution is 7.59. The van der Waals surface area contributed by atoms with E-state index in [-0.39, 0.29) is 6.61 Å². The van der Waals surface area contributed by atoms with Crippen LogP contribution in [0.5, 0.6) is 0 Å². The molecule has 0 aliphatic rings. The number of hydrogen-bond acceptors (Lipinski definition) is 2. The summed E-state index contributed by atoms with van der Waals surface area (Å²) in [5.74, 6) is -0.722. The first-order valence-electron chi connectivity index (χ1n) is 4.04. The molecule has 0 saturated heterocycles. The minimum absolute atomic E-state index is 0.241. The van der Waals surface area contributed by atoms with Crippen LogP contribution in [0.2, 0.25) is 0 Å². The van der Waals surface area contributed by atoms with E-state index < -0.39 is 19.3 Å². The number of halogens is 1. The third-order valence-corrected chi connectivity index (χ3v) is 4.40. The second-order valence-electron chi connectivity index (χ2n) is 2.69. The van der Waals surface area contributed by atoms with Gasteiger partial charge in [-0.1, -0.05) is 14.8 Å². The summed E-state index contributed by atoms with van der Waals surface area (Å²) in [7, 11) is -0.914. The van der Waals surface area contributed by atoms with Gasteiger partial charge in [-0.2, -0.15) is 0 Å². The quantitative estimate of drug-likeness (QED) is 0.507. The zero-order valence-electron chi connectivity index (χ0n) is 8.06. The fourth-order valence-corrected chi connectivity index (χ4v) is 1.69. The molecule has 0 aromatic rings. The molecule has 12 heavy (non-hydrogen) atoms. The van der Waals surface area contributed by atoms with E-state index in [1.54, 1.807) is 13.6 Å². The van der Waals surface area contributed by atoms with Gasteiger partial charge in [0.1, 0.15) is 0 Å². The van der Waals surface area contributed by atoms with E-state index in [2.05, 4.69) is 4.74 Å². The van der Waals surface area contributed by atoms with Crippen LogP contribution in [0.25, 0.3) is 0 Å². The number of esters is 1. The van der Waals surface area contributed by atoms with Crippen molar-refractivity contribution in [1.29, 1.82) is 0 Å². The lowest BCUT2D eigenvalue weighted by molar-refractivity contribution is -0.150. The Bertz CT molecular complexity index is 159. The van der Waals surface area contributed by atoms with E-state index in [4.69, 9.17) is 0 Å². The molecule has 72 valence electrons. The first-order chi connectivity index (χ1) is 5.46. The summed E-state index contributed by atoms with van der Waals surface area (Å²) in [6, 6.07) is 0. The lowest BCUT2D eigenvalue weighted by Gasteiger charge is -2.24. The third-order valence-electron chi connectivity index (χ3n) is 1.84. The van der Waals surface area contributed by atoms with E-state index in [1.807, 2.05) is 6.92 Å². The molecule has 2 nitrogen and oxygen atoms in total. The van der Waals surface area contributed by atoms with Gasteiger partial charge in [-0.3, -0.25) is 0 Å². The topological polar surface area (TPSA) is 26.3 Å². The Kier molecular flexibility index (Phi) is 4.69. The standard InChI is InChI=1S/C8H16FO2P/c1-5-11-7(10)8(3,9)12(4)6-2/h5-6H2,1-4H3. The highest BCUT2D eigenvalue weighted by atomic mass is 31.1. The van der Waals surface area contributed by atoms with Gasteiger partial charge in [0, 0.05) is 0 Å². The molecule has 0 fully saturated rings. The van der Waals surface area contributed by atoms with Crippen molar-refractivity contribution in [1.82, 2.24) is 0 Å². The molecule has 0 spiro atoms. The second kappa shape index (κ2) is 4.76. The van der Waals surface area contributed by atoms with Crippen molar-refractivity contribution in [2.75, 3.05) is 19.4 Å². The van der Waals surface area contributed by atoms with Gasteiger partial charge in [-0.05, 0) is 26.7 Å². The summed E-state index contributed by atoms with van der Waals surface area (Å²) in [6.07, 6.45) is 0.696. The Morgan fingerprint density at radius 3 is 2.42 bits per heavy atom. The van der Waals surface area contributed by atoms with Crippen LogP contribution in [0.3, 0.4) is 0 Å². The molecular formula is C8H16FO2P. The van der Waals surface area contributed by atoms with Crippen molar-refractivity contribution in [2.24, 2.45) is 0 Å². The molecule has 2 atom stereocenters. The van der Waals surface area contributed by atoms with Crippen molar-refractivity contribution in [3.8, 4) is 0 Å². The zero-order valence-corrected chi connectivity index (χ0v) is 8.95. The molecule has 0 aromatic heterocycles. The van der Waals surface area contributed by atoms with Crippen LogP contribution in [0.1, 0.15) is 20.8 Å². The number of carbonyl (C=O) groups is 1. The van der Waals surface area contributed by atoms with Crippen LogP contribution in [0, 0.1) is 0 Å². The summed E-state index contributed by atoms with van der Waals surface area (Å²) in [4.78, 5) is 11.1. The van der Waals surface area contributed by atoms with Gasteiger partial charge in [0.15, 0.2) is 0 Å². The van der Waals surface area contributed by atoms with Gasteiger partial charge < -0.3 is 4.74 Å². The Balaban J connectivity index is 4.27. The van der Waals surface area contributed by atoms with Gasteiger partial charge in [-0.15, -0.1) is 0 Å². The normalized spacial score (nSPS) is 18.1. The Hall–Kier alpha value is -0.170. The highest BCUT2D eigenvalue weighted by Crippen LogP contribution is 2.47. The number of ether oxygens (including phenoxy) is 1. The molecule has 0 aromatic carbocycles. The van der Waals surface area contributed by atoms with Crippen LogP contribution in [0.4, 0.5) is 4.39 Å². The molecule has 0 saturated carbocycles. The molecule has 0 radical (unpaired) electrons. The molecule has 0 aliphatic carbocycles. The summed E-state index contributed by atoms with van der Waals surface area (Å²) in [6.45, 7) is 6.87. The molecule has 4 heteroatoms. The minimum atomic E-state index is -1.78. The number of carbonyl (C=O) groups excluding carboxylic acids is 1. The van der Waals surface area contributed by atoms with Crippen LogP contribution >= 0.6 is 7.92 Å². The highest BCUT2D eigenvalue weighted by Gasteiger charge is 2.39. The SMILES string of the molecule is CCOC(=O)C(C)(F)P(C)CC. The maximum absolute atomic E-state index is 13.6. The van der Waals surface area contributed by atoms with E-state index in [1.165, 1.54) is 6.92 Å². The van der Waals surface area contributed by atoms with Crippen LogP contribution in [-0.4, -0.2) is 30.8 Å². The average Bonchev–Trinajstić information content (AvgIpc) is 2.03. The predicted molar refractivity (Wildman–Crippen MR) is 49.5 cm³/mol. The molecule has 0 heterocycles. The van der Waals surface area contributed by atoms with E-state index in [0.717, 1.165) is 0 Å². The smallest absolute Gasteiger partial charge is 0.347 e. The summed E-state index contributed by atoms with van der Waals surface area (Å²) >= 11 is 0. The van der Waals surface area contributed by atoms with Crippen molar-refractivity contribution >= 4 is 13.9 Å². The van der Waals surface area contributed by atoms with E-state index in [9.17, 15) is 9.18 Å². The predicted octanol–water partition coefficient (Wildman–Crippen LogP) is 2.37. The Morgan fingerprint density at radius 1 is 1.58 bits per heavy atom. The maximum Gasteiger partial charge on any atom is 0.347 e. The zero-order chi connectivity index (χ0) is 9.78. The van der Waals surface area contributed by atoms with Gasteiger partial charge in [0.05, 0.1) is 6.61 Å². The van der Waals surface area contributed by atoms with Crippen molar-refractivity contribution in [2.45, 2.75) is 26.2 Å². The summed E-state index contributed by atoms with van der Waals surface area (Å²) < 4.78 is 18.3.